The Morgan fingerprint density at radius 3 is 2.32 bits per heavy atom. The number of amides is 2. The highest BCUT2D eigenvalue weighted by Crippen LogP contribution is 2.36. The molecular weight excluding hydrogens is 240 g/mol. The van der Waals surface area contributed by atoms with Crippen molar-refractivity contribution in [1.82, 2.24) is 10.2 Å². The maximum absolute atomic E-state index is 12.9. The first kappa shape index (κ1) is 14.4. The monoisotopic (exact) mass is 266 g/mol. The van der Waals surface area contributed by atoms with Gasteiger partial charge in [0.25, 0.3) is 0 Å². The van der Waals surface area contributed by atoms with Crippen molar-refractivity contribution in [3.8, 4) is 0 Å². The first-order valence-corrected chi connectivity index (χ1v) is 7.42. The highest BCUT2D eigenvalue weighted by Gasteiger charge is 2.51. The summed E-state index contributed by atoms with van der Waals surface area (Å²) in [7, 11) is 0. The van der Waals surface area contributed by atoms with E-state index in [0.29, 0.717) is 13.0 Å². The van der Waals surface area contributed by atoms with E-state index in [-0.39, 0.29) is 23.3 Å². The number of carbonyl (C=O) groups excluding carboxylic acids is 2. The molecule has 1 spiro atoms. The maximum Gasteiger partial charge on any atom is 0.249 e. The Balaban J connectivity index is 2.29. The molecule has 2 fully saturated rings. The Bertz CT molecular complexity index is 378. The van der Waals surface area contributed by atoms with Gasteiger partial charge in [-0.3, -0.25) is 9.59 Å². The zero-order valence-corrected chi connectivity index (χ0v) is 12.6. The van der Waals surface area contributed by atoms with Crippen LogP contribution in [0.1, 0.15) is 59.8 Å². The van der Waals surface area contributed by atoms with E-state index in [1.807, 2.05) is 11.8 Å². The third-order valence-electron chi connectivity index (χ3n) is 4.20. The SMILES string of the molecule is CCC1C(=O)NC2(CCCC2)C(=O)N1CC(C)(C)C. The predicted octanol–water partition coefficient (Wildman–Crippen LogP) is 2.08. The second kappa shape index (κ2) is 4.80. The Hall–Kier alpha value is -1.06. The summed E-state index contributed by atoms with van der Waals surface area (Å²) >= 11 is 0. The quantitative estimate of drug-likeness (QED) is 0.832. The summed E-state index contributed by atoms with van der Waals surface area (Å²) in [5.41, 5.74) is -0.575. The summed E-state index contributed by atoms with van der Waals surface area (Å²) < 4.78 is 0. The van der Waals surface area contributed by atoms with E-state index >= 15 is 0 Å². The summed E-state index contributed by atoms with van der Waals surface area (Å²) in [5.74, 6) is 0.180. The number of nitrogens with zero attached hydrogens (tertiary/aromatic N) is 1. The fraction of sp³-hybridized carbons (Fsp3) is 0.867. The van der Waals surface area contributed by atoms with E-state index in [1.54, 1.807) is 0 Å². The van der Waals surface area contributed by atoms with Crippen molar-refractivity contribution in [2.24, 2.45) is 5.41 Å². The van der Waals surface area contributed by atoms with Crippen LogP contribution in [0.15, 0.2) is 0 Å². The lowest BCUT2D eigenvalue weighted by atomic mass is 9.87. The number of piperazine rings is 1. The van der Waals surface area contributed by atoms with Crippen molar-refractivity contribution in [3.05, 3.63) is 0 Å². The number of hydrogen-bond acceptors (Lipinski definition) is 2. The molecule has 1 saturated carbocycles. The minimum absolute atomic E-state index is 0.0144. The van der Waals surface area contributed by atoms with Crippen molar-refractivity contribution in [2.45, 2.75) is 71.4 Å². The van der Waals surface area contributed by atoms with E-state index in [9.17, 15) is 9.59 Å². The van der Waals surface area contributed by atoms with Gasteiger partial charge in [0.05, 0.1) is 0 Å². The molecule has 2 aliphatic rings. The fourth-order valence-electron chi connectivity index (χ4n) is 3.35. The van der Waals surface area contributed by atoms with Crippen molar-refractivity contribution in [1.29, 1.82) is 0 Å². The van der Waals surface area contributed by atoms with Crippen LogP contribution in [0.5, 0.6) is 0 Å². The third kappa shape index (κ3) is 2.63. The van der Waals surface area contributed by atoms with Crippen LogP contribution in [0.3, 0.4) is 0 Å². The Morgan fingerprint density at radius 2 is 1.84 bits per heavy atom. The van der Waals surface area contributed by atoms with Gasteiger partial charge in [0.15, 0.2) is 0 Å². The number of carbonyl (C=O) groups is 2. The first-order valence-electron chi connectivity index (χ1n) is 7.42. The van der Waals surface area contributed by atoms with Gasteiger partial charge in [0, 0.05) is 6.54 Å². The Labute approximate surface area is 115 Å². The molecule has 0 radical (unpaired) electrons. The number of nitrogens with one attached hydrogen (secondary N) is 1. The second-order valence-corrected chi connectivity index (χ2v) is 7.20. The minimum Gasteiger partial charge on any atom is -0.340 e. The van der Waals surface area contributed by atoms with Gasteiger partial charge < -0.3 is 10.2 Å². The molecule has 1 atom stereocenters. The molecule has 2 rings (SSSR count). The zero-order chi connectivity index (χ0) is 14.3. The lowest BCUT2D eigenvalue weighted by Gasteiger charge is -2.46. The van der Waals surface area contributed by atoms with Gasteiger partial charge in [-0.2, -0.15) is 0 Å². The van der Waals surface area contributed by atoms with Crippen LogP contribution in [0.25, 0.3) is 0 Å². The van der Waals surface area contributed by atoms with Crippen LogP contribution < -0.4 is 5.32 Å². The molecule has 1 aliphatic carbocycles. The summed E-state index contributed by atoms with van der Waals surface area (Å²) in [6.07, 6.45) is 4.35. The van der Waals surface area contributed by atoms with Gasteiger partial charge in [-0.05, 0) is 24.7 Å². The molecule has 108 valence electrons. The molecule has 4 nitrogen and oxygen atoms in total. The molecule has 1 heterocycles. The van der Waals surface area contributed by atoms with E-state index < -0.39 is 5.54 Å². The van der Waals surface area contributed by atoms with Gasteiger partial charge in [-0.15, -0.1) is 0 Å². The van der Waals surface area contributed by atoms with Crippen LogP contribution in [-0.4, -0.2) is 34.8 Å². The summed E-state index contributed by atoms with van der Waals surface area (Å²) in [6.45, 7) is 8.96. The average molecular weight is 266 g/mol. The standard InChI is InChI=1S/C15H26N2O2/c1-5-11-12(18)16-15(8-6-7-9-15)13(19)17(11)10-14(2,3)4/h11H,5-10H2,1-4H3,(H,16,18). The van der Waals surface area contributed by atoms with Crippen LogP contribution in [0, 0.1) is 5.41 Å². The average Bonchev–Trinajstić information content (AvgIpc) is 2.74. The summed E-state index contributed by atoms with van der Waals surface area (Å²) in [5, 5.41) is 3.03. The predicted molar refractivity (Wildman–Crippen MR) is 74.6 cm³/mol. The molecule has 1 saturated heterocycles. The molecule has 0 aromatic rings. The highest BCUT2D eigenvalue weighted by molar-refractivity contribution is 6.00. The molecule has 0 bridgehead atoms. The van der Waals surface area contributed by atoms with Gasteiger partial charge in [-0.1, -0.05) is 40.5 Å². The molecule has 1 N–H and O–H groups in total. The van der Waals surface area contributed by atoms with Crippen molar-refractivity contribution in [3.63, 3.8) is 0 Å². The van der Waals surface area contributed by atoms with E-state index in [2.05, 4.69) is 26.1 Å². The van der Waals surface area contributed by atoms with E-state index in [1.165, 1.54) is 0 Å². The van der Waals surface area contributed by atoms with Crippen LogP contribution in [0.2, 0.25) is 0 Å². The van der Waals surface area contributed by atoms with Crippen molar-refractivity contribution < 1.29 is 9.59 Å². The van der Waals surface area contributed by atoms with Gasteiger partial charge in [0.1, 0.15) is 11.6 Å². The minimum atomic E-state index is -0.589. The molecular formula is C15H26N2O2. The van der Waals surface area contributed by atoms with Gasteiger partial charge in [-0.25, -0.2) is 0 Å². The third-order valence-corrected chi connectivity index (χ3v) is 4.20. The van der Waals surface area contributed by atoms with Crippen molar-refractivity contribution >= 4 is 11.8 Å². The normalized spacial score (nSPS) is 26.9. The van der Waals surface area contributed by atoms with Gasteiger partial charge in [0.2, 0.25) is 11.8 Å². The lowest BCUT2D eigenvalue weighted by molar-refractivity contribution is -0.156. The van der Waals surface area contributed by atoms with E-state index in [4.69, 9.17) is 0 Å². The highest BCUT2D eigenvalue weighted by atomic mass is 16.2. The lowest BCUT2D eigenvalue weighted by Crippen LogP contribution is -2.70. The fourth-order valence-corrected chi connectivity index (χ4v) is 3.35. The summed E-state index contributed by atoms with van der Waals surface area (Å²) in [4.78, 5) is 27.0. The van der Waals surface area contributed by atoms with Crippen molar-refractivity contribution in [2.75, 3.05) is 6.54 Å². The smallest absolute Gasteiger partial charge is 0.249 e. The molecule has 0 aromatic carbocycles. The van der Waals surface area contributed by atoms with Gasteiger partial charge >= 0.3 is 0 Å². The van der Waals surface area contributed by atoms with Crippen LogP contribution in [-0.2, 0) is 9.59 Å². The molecule has 19 heavy (non-hydrogen) atoms. The number of hydrogen-bond donors (Lipinski definition) is 1. The maximum atomic E-state index is 12.9. The first-order chi connectivity index (χ1) is 8.79. The van der Waals surface area contributed by atoms with Crippen LogP contribution in [0.4, 0.5) is 0 Å². The molecule has 2 amide bonds. The van der Waals surface area contributed by atoms with E-state index in [0.717, 1.165) is 25.7 Å². The molecule has 1 aliphatic heterocycles. The second-order valence-electron chi connectivity index (χ2n) is 7.20. The Kier molecular flexibility index (Phi) is 3.63. The molecule has 0 aromatic heterocycles. The largest absolute Gasteiger partial charge is 0.340 e. The summed E-state index contributed by atoms with van der Waals surface area (Å²) in [6, 6.07) is -0.294. The topological polar surface area (TPSA) is 49.4 Å². The zero-order valence-electron chi connectivity index (χ0n) is 12.6. The Morgan fingerprint density at radius 1 is 1.26 bits per heavy atom. The van der Waals surface area contributed by atoms with Crippen LogP contribution >= 0.6 is 0 Å². The molecule has 4 heteroatoms. The number of rotatable bonds is 2. The molecule has 1 unspecified atom stereocenters.